The summed E-state index contributed by atoms with van der Waals surface area (Å²) < 4.78 is 0. The van der Waals surface area contributed by atoms with Crippen molar-refractivity contribution in [1.29, 1.82) is 0 Å². The predicted molar refractivity (Wildman–Crippen MR) is 84.3 cm³/mol. The Morgan fingerprint density at radius 1 is 0.846 bits per heavy atom. The number of carbonyl (C=O) groups is 4. The van der Waals surface area contributed by atoms with E-state index in [-0.39, 0.29) is 12.8 Å². The highest BCUT2D eigenvalue weighted by Gasteiger charge is 2.61. The minimum atomic E-state index is -1.36. The first-order valence-electron chi connectivity index (χ1n) is 8.68. The van der Waals surface area contributed by atoms with Crippen molar-refractivity contribution < 1.29 is 39.6 Å². The van der Waals surface area contributed by atoms with E-state index in [1.165, 1.54) is 0 Å². The van der Waals surface area contributed by atoms with Crippen LogP contribution in [-0.2, 0) is 14.4 Å². The number of carboxylic acid groups (broad SMARTS) is 4. The van der Waals surface area contributed by atoms with Crippen LogP contribution in [0.1, 0.15) is 25.7 Å². The van der Waals surface area contributed by atoms with Crippen LogP contribution in [-0.4, -0.2) is 68.1 Å². The van der Waals surface area contributed by atoms with E-state index in [2.05, 4.69) is 5.32 Å². The van der Waals surface area contributed by atoms with E-state index in [4.69, 9.17) is 0 Å². The minimum absolute atomic E-state index is 0.000965. The minimum Gasteiger partial charge on any atom is -0.481 e. The Kier molecular flexibility index (Phi) is 4.78. The van der Waals surface area contributed by atoms with E-state index in [9.17, 15) is 39.6 Å². The third kappa shape index (κ3) is 2.77. The summed E-state index contributed by atoms with van der Waals surface area (Å²) >= 11 is 0. The number of aliphatic carboxylic acids is 3. The van der Waals surface area contributed by atoms with E-state index < -0.39 is 65.8 Å². The van der Waals surface area contributed by atoms with Gasteiger partial charge in [0, 0.05) is 11.8 Å². The first-order chi connectivity index (χ1) is 12.3. The van der Waals surface area contributed by atoms with E-state index >= 15 is 0 Å². The van der Waals surface area contributed by atoms with Gasteiger partial charge in [-0.1, -0.05) is 0 Å². The number of carboxylic acids is 3. The van der Waals surface area contributed by atoms with Gasteiger partial charge in [0.2, 0.25) is 0 Å². The zero-order chi connectivity index (χ0) is 19.2. The van der Waals surface area contributed by atoms with Crippen LogP contribution in [0.3, 0.4) is 0 Å². The molecule has 0 radical (unpaired) electrons. The number of rotatable bonds is 3. The molecule has 5 N–H and O–H groups in total. The Morgan fingerprint density at radius 2 is 1.46 bits per heavy atom. The molecule has 3 rings (SSSR count). The van der Waals surface area contributed by atoms with Crippen molar-refractivity contribution in [2.45, 2.75) is 37.9 Å². The van der Waals surface area contributed by atoms with Crippen LogP contribution in [0, 0.1) is 29.6 Å². The first kappa shape index (κ1) is 18.4. The maximum atomic E-state index is 12.1. The van der Waals surface area contributed by atoms with Crippen LogP contribution in [0.5, 0.6) is 0 Å². The average Bonchev–Trinajstić information content (AvgIpc) is 2.57. The highest BCUT2D eigenvalue weighted by molar-refractivity contribution is 5.79. The molecule has 0 aromatic carbocycles. The quantitative estimate of drug-likeness (QED) is 0.466. The normalized spacial score (nSPS) is 39.4. The summed E-state index contributed by atoms with van der Waals surface area (Å²) in [5.74, 6) is -8.60. The summed E-state index contributed by atoms with van der Waals surface area (Å²) in [6, 6.07) is -1.19. The van der Waals surface area contributed by atoms with E-state index in [1.54, 1.807) is 0 Å². The van der Waals surface area contributed by atoms with Crippen molar-refractivity contribution in [2.75, 3.05) is 6.54 Å². The van der Waals surface area contributed by atoms with E-state index in [1.807, 2.05) is 0 Å². The van der Waals surface area contributed by atoms with Crippen LogP contribution in [0.4, 0.5) is 4.79 Å². The number of fused-ring (bicyclic) bond motifs is 2. The molecule has 26 heavy (non-hydrogen) atoms. The second-order valence-electron chi connectivity index (χ2n) is 7.29. The molecule has 10 nitrogen and oxygen atoms in total. The summed E-state index contributed by atoms with van der Waals surface area (Å²) in [7, 11) is 0. The lowest BCUT2D eigenvalue weighted by atomic mass is 9.58. The number of nitrogens with zero attached hydrogens (tertiary/aromatic N) is 1. The number of piperidine rings is 2. The lowest BCUT2D eigenvalue weighted by Gasteiger charge is -2.57. The highest BCUT2D eigenvalue weighted by atomic mass is 16.4. The van der Waals surface area contributed by atoms with Gasteiger partial charge < -0.3 is 20.4 Å². The van der Waals surface area contributed by atoms with Gasteiger partial charge in [0.15, 0.2) is 0 Å². The number of amides is 1. The Balaban J connectivity index is 2.15. The van der Waals surface area contributed by atoms with Gasteiger partial charge in [-0.2, -0.15) is 0 Å². The molecule has 2 aliphatic heterocycles. The van der Waals surface area contributed by atoms with Crippen LogP contribution in [0.25, 0.3) is 0 Å². The maximum absolute atomic E-state index is 12.1. The van der Waals surface area contributed by atoms with Gasteiger partial charge in [-0.25, -0.2) is 4.79 Å². The van der Waals surface area contributed by atoms with Crippen LogP contribution in [0.15, 0.2) is 0 Å². The van der Waals surface area contributed by atoms with Crippen molar-refractivity contribution >= 4 is 24.0 Å². The smallest absolute Gasteiger partial charge is 0.408 e. The second-order valence-corrected chi connectivity index (χ2v) is 7.29. The van der Waals surface area contributed by atoms with Gasteiger partial charge in [0.1, 0.15) is 0 Å². The molecule has 7 unspecified atom stereocenters. The van der Waals surface area contributed by atoms with Gasteiger partial charge in [0.25, 0.3) is 0 Å². The van der Waals surface area contributed by atoms with Crippen LogP contribution < -0.4 is 5.32 Å². The molecular formula is C16H22N2O8. The largest absolute Gasteiger partial charge is 0.481 e. The second kappa shape index (κ2) is 6.75. The molecule has 0 bridgehead atoms. The fourth-order valence-electron chi connectivity index (χ4n) is 5.27. The molecule has 1 amide bonds. The van der Waals surface area contributed by atoms with Gasteiger partial charge in [0.05, 0.1) is 30.0 Å². The van der Waals surface area contributed by atoms with Crippen molar-refractivity contribution in [3.63, 3.8) is 0 Å². The molecule has 0 spiro atoms. The van der Waals surface area contributed by atoms with E-state index in [0.717, 1.165) is 4.90 Å². The Labute approximate surface area is 148 Å². The lowest BCUT2D eigenvalue weighted by molar-refractivity contribution is -0.180. The summed E-state index contributed by atoms with van der Waals surface area (Å²) in [6.45, 7) is 0.495. The molecule has 144 valence electrons. The number of likely N-dealkylation sites (tertiary alicyclic amines) is 1. The summed E-state index contributed by atoms with van der Waals surface area (Å²) in [6.07, 6.45) is -1.05. The molecule has 1 saturated carbocycles. The van der Waals surface area contributed by atoms with E-state index in [0.29, 0.717) is 19.4 Å². The van der Waals surface area contributed by atoms with Gasteiger partial charge in [-0.3, -0.25) is 24.6 Å². The highest BCUT2D eigenvalue weighted by Crippen LogP contribution is 2.50. The Morgan fingerprint density at radius 3 is 2.00 bits per heavy atom. The molecule has 0 aromatic rings. The zero-order valence-corrected chi connectivity index (χ0v) is 13.9. The molecule has 2 saturated heterocycles. The molecule has 1 aliphatic carbocycles. The fourth-order valence-corrected chi connectivity index (χ4v) is 5.27. The number of nitrogens with one attached hydrogen (secondary N) is 1. The van der Waals surface area contributed by atoms with Crippen molar-refractivity contribution in [2.24, 2.45) is 29.6 Å². The first-order valence-corrected chi connectivity index (χ1v) is 8.68. The third-order valence-corrected chi connectivity index (χ3v) is 6.17. The number of hydrogen-bond donors (Lipinski definition) is 5. The zero-order valence-electron chi connectivity index (χ0n) is 13.9. The standard InChI is InChI=1S/C16H22N2O8/c19-13(20)7-3-4-8(14(21)22)11-9(7)10(15(23)24)6-2-1-5-17-12(6)18(11)16(25)26/h6-12,17H,1-5H2,(H,19,20)(H,21,22)(H,23,24)(H,25,26). The molecule has 7 atom stereocenters. The summed E-state index contributed by atoms with van der Waals surface area (Å²) in [5.41, 5.74) is 0. The fraction of sp³-hybridized carbons (Fsp3) is 0.750. The number of hydrogen-bond acceptors (Lipinski definition) is 5. The molecule has 3 aliphatic rings. The molecular weight excluding hydrogens is 348 g/mol. The van der Waals surface area contributed by atoms with Gasteiger partial charge >= 0.3 is 24.0 Å². The van der Waals surface area contributed by atoms with Crippen LogP contribution >= 0.6 is 0 Å². The van der Waals surface area contributed by atoms with Crippen molar-refractivity contribution in [3.05, 3.63) is 0 Å². The lowest BCUT2D eigenvalue weighted by Crippen LogP contribution is -2.72. The summed E-state index contributed by atoms with van der Waals surface area (Å²) in [5, 5.41) is 41.8. The molecule has 3 fully saturated rings. The molecule has 10 heteroatoms. The van der Waals surface area contributed by atoms with Gasteiger partial charge in [-0.05, 0) is 32.2 Å². The average molecular weight is 370 g/mol. The van der Waals surface area contributed by atoms with Crippen molar-refractivity contribution in [1.82, 2.24) is 10.2 Å². The Hall–Kier alpha value is -2.36. The Bertz CT molecular complexity index is 584. The van der Waals surface area contributed by atoms with Crippen LogP contribution in [0.2, 0.25) is 0 Å². The SMILES string of the molecule is O=C(O)C1CCC(C(=O)O)C2C1C(C(=O)O)C1CCCNC1N2C(=O)O. The van der Waals surface area contributed by atoms with Gasteiger partial charge in [-0.15, -0.1) is 0 Å². The molecule has 2 heterocycles. The maximum Gasteiger partial charge on any atom is 0.408 e. The molecule has 0 aromatic heterocycles. The predicted octanol–water partition coefficient (Wildman–Crippen LogP) is 0.187. The van der Waals surface area contributed by atoms with Crippen molar-refractivity contribution in [3.8, 4) is 0 Å². The third-order valence-electron chi connectivity index (χ3n) is 6.17. The monoisotopic (exact) mass is 370 g/mol. The topological polar surface area (TPSA) is 164 Å². The summed E-state index contributed by atoms with van der Waals surface area (Å²) in [4.78, 5) is 48.5.